The minimum Gasteiger partial charge on any atom is -0.480 e. The van der Waals surface area contributed by atoms with Gasteiger partial charge in [-0.05, 0) is 25.2 Å². The highest BCUT2D eigenvalue weighted by Crippen LogP contribution is 2.21. The highest BCUT2D eigenvalue weighted by molar-refractivity contribution is 7.89. The molecule has 1 heterocycles. The summed E-state index contributed by atoms with van der Waals surface area (Å²) in [5, 5.41) is 11.9. The van der Waals surface area contributed by atoms with Crippen LogP contribution in [0, 0.1) is 11.8 Å². The third-order valence-corrected chi connectivity index (χ3v) is 6.71. The van der Waals surface area contributed by atoms with E-state index in [4.69, 9.17) is 0 Å². The van der Waals surface area contributed by atoms with E-state index in [1.165, 1.54) is 4.31 Å². The summed E-state index contributed by atoms with van der Waals surface area (Å²) in [4.78, 5) is 23.6. The van der Waals surface area contributed by atoms with E-state index in [9.17, 15) is 23.1 Å². The van der Waals surface area contributed by atoms with Crippen LogP contribution >= 0.6 is 0 Å². The summed E-state index contributed by atoms with van der Waals surface area (Å²) in [7, 11) is -3.24. The Labute approximate surface area is 144 Å². The van der Waals surface area contributed by atoms with Crippen LogP contribution in [-0.2, 0) is 19.6 Å². The van der Waals surface area contributed by atoms with Gasteiger partial charge in [-0.1, -0.05) is 33.6 Å². The second kappa shape index (κ2) is 9.36. The normalized spacial score (nSPS) is 19.6. The topological polar surface area (TPSA) is 104 Å². The first-order chi connectivity index (χ1) is 11.2. The molecule has 0 aromatic carbocycles. The van der Waals surface area contributed by atoms with Crippen molar-refractivity contribution in [3.63, 3.8) is 0 Å². The van der Waals surface area contributed by atoms with Gasteiger partial charge in [-0.25, -0.2) is 17.5 Å². The van der Waals surface area contributed by atoms with Crippen LogP contribution in [0.4, 0.5) is 0 Å². The van der Waals surface area contributed by atoms with Gasteiger partial charge in [-0.2, -0.15) is 0 Å². The summed E-state index contributed by atoms with van der Waals surface area (Å²) in [5.74, 6) is -1.64. The third-order valence-electron chi connectivity index (χ3n) is 4.75. The highest BCUT2D eigenvalue weighted by atomic mass is 32.2. The van der Waals surface area contributed by atoms with Gasteiger partial charge in [0, 0.05) is 19.0 Å². The molecule has 8 heteroatoms. The number of hydrogen-bond acceptors (Lipinski definition) is 4. The molecular formula is C16H30N2O5S. The van der Waals surface area contributed by atoms with E-state index in [-0.39, 0.29) is 23.5 Å². The number of carboxylic acid groups (broad SMARTS) is 1. The molecule has 140 valence electrons. The molecule has 2 N–H and O–H groups in total. The molecule has 1 aliphatic heterocycles. The van der Waals surface area contributed by atoms with Gasteiger partial charge in [0.1, 0.15) is 6.04 Å². The largest absolute Gasteiger partial charge is 0.480 e. The third kappa shape index (κ3) is 5.73. The lowest BCUT2D eigenvalue weighted by molar-refractivity contribution is -0.144. The number of aliphatic carboxylic acids is 1. The Morgan fingerprint density at radius 2 is 1.83 bits per heavy atom. The van der Waals surface area contributed by atoms with Crippen LogP contribution in [0.1, 0.15) is 52.9 Å². The van der Waals surface area contributed by atoms with Crippen LogP contribution in [0.25, 0.3) is 0 Å². The number of carbonyl (C=O) groups is 2. The van der Waals surface area contributed by atoms with Gasteiger partial charge in [-0.3, -0.25) is 4.79 Å². The van der Waals surface area contributed by atoms with Gasteiger partial charge in [-0.15, -0.1) is 0 Å². The van der Waals surface area contributed by atoms with Crippen molar-refractivity contribution >= 4 is 21.9 Å². The lowest BCUT2D eigenvalue weighted by Crippen LogP contribution is -2.49. The van der Waals surface area contributed by atoms with Crippen LogP contribution in [0.5, 0.6) is 0 Å². The standard InChI is InChI=1S/C16H30N2O5S/c1-4-6-11-24(22,23)18-9-7-13(8-10-18)15(19)17-14(16(20)21)12(3)5-2/h12-14H,4-11H2,1-3H3,(H,17,19)(H,20,21). The molecule has 2 atom stereocenters. The number of carboxylic acids is 1. The first kappa shape index (κ1) is 20.9. The van der Waals surface area contributed by atoms with Crippen LogP contribution in [-0.4, -0.2) is 54.6 Å². The maximum Gasteiger partial charge on any atom is 0.326 e. The molecule has 1 aliphatic rings. The zero-order valence-corrected chi connectivity index (χ0v) is 15.6. The van der Waals surface area contributed by atoms with Crippen molar-refractivity contribution in [3.05, 3.63) is 0 Å². The molecule has 1 saturated heterocycles. The van der Waals surface area contributed by atoms with E-state index in [1.54, 1.807) is 6.92 Å². The van der Waals surface area contributed by atoms with Crippen LogP contribution in [0.3, 0.4) is 0 Å². The molecule has 7 nitrogen and oxygen atoms in total. The Balaban J connectivity index is 2.58. The highest BCUT2D eigenvalue weighted by Gasteiger charge is 2.33. The van der Waals surface area contributed by atoms with Gasteiger partial charge in [0.15, 0.2) is 0 Å². The summed E-state index contributed by atoms with van der Waals surface area (Å²) in [5.41, 5.74) is 0. The predicted octanol–water partition coefficient (Wildman–Crippen LogP) is 1.44. The van der Waals surface area contributed by atoms with Crippen molar-refractivity contribution in [2.45, 2.75) is 58.9 Å². The minimum absolute atomic E-state index is 0.148. The van der Waals surface area contributed by atoms with E-state index >= 15 is 0 Å². The second-order valence-electron chi connectivity index (χ2n) is 6.55. The molecule has 0 aromatic rings. The number of amides is 1. The smallest absolute Gasteiger partial charge is 0.326 e. The number of unbranched alkanes of at least 4 members (excludes halogenated alkanes) is 1. The van der Waals surface area contributed by atoms with Gasteiger partial charge in [0.05, 0.1) is 5.75 Å². The van der Waals surface area contributed by atoms with Crippen molar-refractivity contribution in [3.8, 4) is 0 Å². The maximum absolute atomic E-state index is 12.3. The van der Waals surface area contributed by atoms with Gasteiger partial charge >= 0.3 is 5.97 Å². The Morgan fingerprint density at radius 1 is 1.25 bits per heavy atom. The fraction of sp³-hybridized carbons (Fsp3) is 0.875. The van der Waals surface area contributed by atoms with Gasteiger partial charge < -0.3 is 10.4 Å². The number of piperidine rings is 1. The Bertz CT molecular complexity index is 527. The molecule has 1 fully saturated rings. The molecule has 0 saturated carbocycles. The predicted molar refractivity (Wildman–Crippen MR) is 92.0 cm³/mol. The second-order valence-corrected chi connectivity index (χ2v) is 8.64. The average molecular weight is 362 g/mol. The molecule has 2 unspecified atom stereocenters. The molecule has 24 heavy (non-hydrogen) atoms. The minimum atomic E-state index is -3.24. The van der Waals surface area contributed by atoms with Crippen molar-refractivity contribution in [2.75, 3.05) is 18.8 Å². The molecule has 0 bridgehead atoms. The van der Waals surface area contributed by atoms with Crippen LogP contribution in [0.15, 0.2) is 0 Å². The molecule has 1 amide bonds. The summed E-state index contributed by atoms with van der Waals surface area (Å²) in [6.07, 6.45) is 2.99. The number of rotatable bonds is 9. The first-order valence-electron chi connectivity index (χ1n) is 8.73. The number of carbonyl (C=O) groups excluding carboxylic acids is 1. The quantitative estimate of drug-likeness (QED) is 0.646. The SMILES string of the molecule is CCCCS(=O)(=O)N1CCC(C(=O)NC(C(=O)O)C(C)CC)CC1. The number of nitrogens with zero attached hydrogens (tertiary/aromatic N) is 1. The first-order valence-corrected chi connectivity index (χ1v) is 10.3. The van der Waals surface area contributed by atoms with Crippen molar-refractivity contribution in [1.29, 1.82) is 0 Å². The lowest BCUT2D eigenvalue weighted by atomic mass is 9.94. The Kier molecular flexibility index (Phi) is 8.15. The van der Waals surface area contributed by atoms with Crippen molar-refractivity contribution in [2.24, 2.45) is 11.8 Å². The Hall–Kier alpha value is -1.15. The zero-order chi connectivity index (χ0) is 18.3. The van der Waals surface area contributed by atoms with Gasteiger partial charge in [0.2, 0.25) is 15.9 Å². The van der Waals surface area contributed by atoms with Crippen LogP contribution in [0.2, 0.25) is 0 Å². The summed E-state index contributed by atoms with van der Waals surface area (Å²) >= 11 is 0. The number of hydrogen-bond donors (Lipinski definition) is 2. The van der Waals surface area contributed by atoms with E-state index in [0.29, 0.717) is 38.8 Å². The fourth-order valence-electron chi connectivity index (χ4n) is 2.81. The molecule has 1 rings (SSSR count). The van der Waals surface area contributed by atoms with Crippen LogP contribution < -0.4 is 5.32 Å². The van der Waals surface area contributed by atoms with E-state index in [1.807, 2.05) is 13.8 Å². The lowest BCUT2D eigenvalue weighted by Gasteiger charge is -2.31. The zero-order valence-electron chi connectivity index (χ0n) is 14.8. The summed E-state index contributed by atoms with van der Waals surface area (Å²) in [6.45, 7) is 6.27. The van der Waals surface area contributed by atoms with E-state index in [0.717, 1.165) is 6.42 Å². The molecule has 0 radical (unpaired) electrons. The average Bonchev–Trinajstić information content (AvgIpc) is 2.56. The fourth-order valence-corrected chi connectivity index (χ4v) is 4.49. The van der Waals surface area contributed by atoms with Crippen molar-refractivity contribution in [1.82, 2.24) is 9.62 Å². The van der Waals surface area contributed by atoms with E-state index < -0.39 is 22.0 Å². The van der Waals surface area contributed by atoms with Crippen molar-refractivity contribution < 1.29 is 23.1 Å². The monoisotopic (exact) mass is 362 g/mol. The molecule has 0 aromatic heterocycles. The summed E-state index contributed by atoms with van der Waals surface area (Å²) in [6, 6.07) is -0.895. The maximum atomic E-state index is 12.3. The Morgan fingerprint density at radius 3 is 2.29 bits per heavy atom. The number of sulfonamides is 1. The number of nitrogens with one attached hydrogen (secondary N) is 1. The summed E-state index contributed by atoms with van der Waals surface area (Å²) < 4.78 is 25.8. The molecule has 0 aliphatic carbocycles. The van der Waals surface area contributed by atoms with E-state index in [2.05, 4.69) is 5.32 Å². The molecule has 0 spiro atoms. The van der Waals surface area contributed by atoms with Gasteiger partial charge in [0.25, 0.3) is 0 Å². The molecular weight excluding hydrogens is 332 g/mol.